The predicted molar refractivity (Wildman–Crippen MR) is 96.8 cm³/mol. The topological polar surface area (TPSA) is 70.7 Å². The maximum absolute atomic E-state index is 11.8. The third kappa shape index (κ3) is 2.57. The summed E-state index contributed by atoms with van der Waals surface area (Å²) in [5.74, 6) is 0.532. The van der Waals surface area contributed by atoms with Gasteiger partial charge in [0.2, 0.25) is 0 Å². The minimum atomic E-state index is -0.644. The van der Waals surface area contributed by atoms with Gasteiger partial charge in [-0.05, 0) is 42.3 Å². The summed E-state index contributed by atoms with van der Waals surface area (Å²) in [6.45, 7) is 1.72. The molecule has 0 aromatic heterocycles. The smallest absolute Gasteiger partial charge is 0.182 e. The summed E-state index contributed by atoms with van der Waals surface area (Å²) in [7, 11) is 0. The summed E-state index contributed by atoms with van der Waals surface area (Å²) < 4.78 is 5.85. The third-order valence-electron chi connectivity index (χ3n) is 4.36. The number of hydrogen-bond acceptors (Lipinski definition) is 4. The van der Waals surface area contributed by atoms with Gasteiger partial charge >= 0.3 is 0 Å². The zero-order valence-corrected chi connectivity index (χ0v) is 13.6. The van der Waals surface area contributed by atoms with E-state index in [0.29, 0.717) is 11.3 Å². The normalized spacial score (nSPS) is 12.6. The third-order valence-corrected chi connectivity index (χ3v) is 4.36. The van der Waals surface area contributed by atoms with Crippen molar-refractivity contribution in [2.75, 3.05) is 0 Å². The molecule has 0 amide bonds. The van der Waals surface area contributed by atoms with Gasteiger partial charge in [0.1, 0.15) is 17.1 Å². The molecule has 1 aliphatic heterocycles. The number of hydrogen-bond donors (Lipinski definition) is 2. The number of benzene rings is 3. The van der Waals surface area contributed by atoms with Crippen LogP contribution in [0.1, 0.15) is 18.6 Å². The second-order valence-electron chi connectivity index (χ2n) is 6.08. The fraction of sp³-hybridized carbons (Fsp3) is 0.0952. The fourth-order valence-corrected chi connectivity index (χ4v) is 3.24. The molecule has 1 atom stereocenters. The quantitative estimate of drug-likeness (QED) is 0.536. The number of aromatic hydroxyl groups is 1. The maximum Gasteiger partial charge on any atom is 0.182 e. The van der Waals surface area contributed by atoms with E-state index in [1.807, 2.05) is 24.3 Å². The summed E-state index contributed by atoms with van der Waals surface area (Å²) in [5, 5.41) is 20.8. The Morgan fingerprint density at radius 2 is 1.76 bits per heavy atom. The van der Waals surface area contributed by atoms with Crippen LogP contribution in [0.4, 0.5) is 0 Å². The van der Waals surface area contributed by atoms with Crippen molar-refractivity contribution in [2.24, 2.45) is 0 Å². The van der Waals surface area contributed by atoms with Gasteiger partial charge in [-0.3, -0.25) is 4.79 Å². The largest absolute Gasteiger partial charge is 0.508 e. The molecule has 2 aromatic carbocycles. The minimum absolute atomic E-state index is 0.0867. The number of rotatable bonds is 2. The number of aliphatic hydroxyl groups excluding tert-OH is 1. The summed E-state index contributed by atoms with van der Waals surface area (Å²) >= 11 is 0. The Labute approximate surface area is 143 Å². The van der Waals surface area contributed by atoms with E-state index in [0.717, 1.165) is 27.6 Å². The van der Waals surface area contributed by atoms with Gasteiger partial charge in [-0.1, -0.05) is 24.3 Å². The zero-order valence-electron chi connectivity index (χ0n) is 13.6. The Balaban J connectivity index is 2.20. The first kappa shape index (κ1) is 15.4. The molecule has 2 aliphatic rings. The minimum Gasteiger partial charge on any atom is -0.508 e. The van der Waals surface area contributed by atoms with Crippen molar-refractivity contribution in [2.45, 2.75) is 13.0 Å². The fourth-order valence-electron chi connectivity index (χ4n) is 3.24. The lowest BCUT2D eigenvalue weighted by atomic mass is 9.89. The molecule has 1 heterocycles. The van der Waals surface area contributed by atoms with E-state index >= 15 is 0 Å². The highest BCUT2D eigenvalue weighted by atomic mass is 16.3. The van der Waals surface area contributed by atoms with Crippen molar-refractivity contribution in [3.8, 4) is 28.2 Å². The molecule has 0 saturated heterocycles. The van der Waals surface area contributed by atoms with E-state index in [1.165, 1.54) is 18.2 Å². The molecule has 4 nitrogen and oxygen atoms in total. The summed E-state index contributed by atoms with van der Waals surface area (Å²) in [6.07, 6.45) is -0.644. The van der Waals surface area contributed by atoms with Crippen LogP contribution in [-0.4, -0.2) is 10.2 Å². The van der Waals surface area contributed by atoms with E-state index in [4.69, 9.17) is 4.42 Å². The molecule has 4 rings (SSSR count). The van der Waals surface area contributed by atoms with Crippen LogP contribution in [0.2, 0.25) is 0 Å². The molecular weight excluding hydrogens is 316 g/mol. The second kappa shape index (κ2) is 5.76. The first-order valence-corrected chi connectivity index (χ1v) is 8.01. The number of fused-ring (bicyclic) bond motifs is 2. The molecule has 0 saturated carbocycles. The predicted octanol–water partition coefficient (Wildman–Crippen LogP) is 4.32. The van der Waals surface area contributed by atoms with Gasteiger partial charge in [-0.2, -0.15) is 0 Å². The lowest BCUT2D eigenvalue weighted by Gasteiger charge is -2.18. The molecule has 1 unspecified atom stereocenters. The van der Waals surface area contributed by atoms with Crippen LogP contribution in [0.25, 0.3) is 33.4 Å². The van der Waals surface area contributed by atoms with E-state index in [1.54, 1.807) is 25.1 Å². The standard InChI is InChI=1S/C21H16O4/c1-12(22)15-4-2-3-5-16(15)21-17-8-6-13(23)10-19(17)25-20-11-14(24)7-9-18(20)21/h2-12,22-23H,1H3. The van der Waals surface area contributed by atoms with Crippen molar-refractivity contribution in [1.29, 1.82) is 0 Å². The van der Waals surface area contributed by atoms with Gasteiger partial charge in [-0.15, -0.1) is 0 Å². The van der Waals surface area contributed by atoms with Crippen molar-refractivity contribution in [3.05, 3.63) is 76.5 Å². The molecule has 124 valence electrons. The van der Waals surface area contributed by atoms with Crippen molar-refractivity contribution >= 4 is 11.0 Å². The van der Waals surface area contributed by atoms with Crippen LogP contribution in [0.5, 0.6) is 5.75 Å². The molecule has 25 heavy (non-hydrogen) atoms. The number of phenols is 1. The Bertz CT molecular complexity index is 1110. The van der Waals surface area contributed by atoms with Crippen LogP contribution in [0, 0.1) is 0 Å². The van der Waals surface area contributed by atoms with E-state index in [-0.39, 0.29) is 11.2 Å². The molecule has 0 spiro atoms. The monoisotopic (exact) mass is 332 g/mol. The summed E-state index contributed by atoms with van der Waals surface area (Å²) in [6, 6.07) is 17.2. The average Bonchev–Trinajstić information content (AvgIpc) is 2.59. The van der Waals surface area contributed by atoms with Crippen LogP contribution < -0.4 is 5.43 Å². The van der Waals surface area contributed by atoms with Crippen molar-refractivity contribution in [3.63, 3.8) is 0 Å². The SMILES string of the molecule is CC(O)c1ccccc1-c1c2ccc(=O)cc-2oc2cc(O)ccc12. The Kier molecular flexibility index (Phi) is 3.55. The Morgan fingerprint density at radius 3 is 2.56 bits per heavy atom. The molecule has 0 radical (unpaired) electrons. The van der Waals surface area contributed by atoms with Crippen LogP contribution in [-0.2, 0) is 0 Å². The molecular formula is C21H16O4. The molecule has 2 N–H and O–H groups in total. The molecule has 2 aromatic rings. The number of aliphatic hydroxyl groups is 1. The van der Waals surface area contributed by atoms with Gasteiger partial charge in [0.05, 0.1) is 6.10 Å². The van der Waals surface area contributed by atoms with Gasteiger partial charge in [0.15, 0.2) is 5.43 Å². The lowest BCUT2D eigenvalue weighted by Crippen LogP contribution is -2.01. The van der Waals surface area contributed by atoms with Gasteiger partial charge in [0, 0.05) is 28.6 Å². The van der Waals surface area contributed by atoms with Crippen LogP contribution >= 0.6 is 0 Å². The van der Waals surface area contributed by atoms with Crippen molar-refractivity contribution in [1.82, 2.24) is 0 Å². The molecule has 4 heteroatoms. The zero-order chi connectivity index (χ0) is 17.6. The van der Waals surface area contributed by atoms with Gasteiger partial charge < -0.3 is 14.6 Å². The summed E-state index contributed by atoms with van der Waals surface area (Å²) in [4.78, 5) is 11.8. The Hall–Kier alpha value is -3.11. The first-order chi connectivity index (χ1) is 12.0. The van der Waals surface area contributed by atoms with Gasteiger partial charge in [-0.25, -0.2) is 0 Å². The maximum atomic E-state index is 11.8. The van der Waals surface area contributed by atoms with E-state index in [9.17, 15) is 15.0 Å². The second-order valence-corrected chi connectivity index (χ2v) is 6.08. The highest BCUT2D eigenvalue weighted by Gasteiger charge is 2.20. The molecule has 0 bridgehead atoms. The number of phenolic OH excluding ortho intramolecular Hbond substituents is 1. The average molecular weight is 332 g/mol. The van der Waals surface area contributed by atoms with Crippen LogP contribution in [0.3, 0.4) is 0 Å². The van der Waals surface area contributed by atoms with E-state index in [2.05, 4.69) is 0 Å². The van der Waals surface area contributed by atoms with E-state index < -0.39 is 6.10 Å². The summed E-state index contributed by atoms with van der Waals surface area (Å²) in [5.41, 5.74) is 3.64. The Morgan fingerprint density at radius 1 is 0.960 bits per heavy atom. The molecule has 1 aliphatic carbocycles. The highest BCUT2D eigenvalue weighted by molar-refractivity contribution is 6.02. The van der Waals surface area contributed by atoms with Gasteiger partial charge in [0.25, 0.3) is 0 Å². The van der Waals surface area contributed by atoms with Crippen LogP contribution in [0.15, 0.2) is 69.9 Å². The molecule has 0 fully saturated rings. The van der Waals surface area contributed by atoms with Crippen molar-refractivity contribution < 1.29 is 14.6 Å². The highest BCUT2D eigenvalue weighted by Crippen LogP contribution is 2.42. The first-order valence-electron chi connectivity index (χ1n) is 8.01. The lowest BCUT2D eigenvalue weighted by molar-refractivity contribution is 0.200.